The van der Waals surface area contributed by atoms with Crippen LogP contribution in [0.15, 0.2) is 56.7 Å². The molecule has 2 heterocycles. The minimum Gasteiger partial charge on any atom is -0.486 e. The summed E-state index contributed by atoms with van der Waals surface area (Å²) in [6.07, 6.45) is 1.25. The number of nitrogens with zero attached hydrogens (tertiary/aromatic N) is 3. The van der Waals surface area contributed by atoms with E-state index in [1.54, 1.807) is 24.3 Å². The van der Waals surface area contributed by atoms with Gasteiger partial charge in [-0.2, -0.15) is 0 Å². The van der Waals surface area contributed by atoms with Gasteiger partial charge in [-0.3, -0.25) is 0 Å². The van der Waals surface area contributed by atoms with Gasteiger partial charge in [0.25, 0.3) is 10.0 Å². The van der Waals surface area contributed by atoms with Crippen LogP contribution in [0.25, 0.3) is 11.5 Å². The summed E-state index contributed by atoms with van der Waals surface area (Å²) in [6.45, 7) is 0.0935. The molecule has 0 amide bonds. The number of ether oxygens (including phenoxy) is 1. The maximum absolute atomic E-state index is 12.0. The Hall–Kier alpha value is -2.65. The molecule has 8 nitrogen and oxygen atoms in total. The molecule has 2 aromatic heterocycles. The van der Waals surface area contributed by atoms with E-state index < -0.39 is 10.0 Å². The molecule has 0 unspecified atom stereocenters. The molecular weight excluding hydrogens is 334 g/mol. The van der Waals surface area contributed by atoms with Gasteiger partial charge in [0.2, 0.25) is 17.4 Å². The van der Waals surface area contributed by atoms with E-state index >= 15 is 0 Å². The van der Waals surface area contributed by atoms with Crippen LogP contribution in [0.2, 0.25) is 0 Å². The van der Waals surface area contributed by atoms with Crippen molar-refractivity contribution < 1.29 is 22.0 Å². The molecule has 0 atom stereocenters. The van der Waals surface area contributed by atoms with Gasteiger partial charge in [0.1, 0.15) is 18.1 Å². The molecule has 0 radical (unpaired) electrons. The average Bonchev–Trinajstić information content (AvgIpc) is 3.25. The Kier molecular flexibility index (Phi) is 4.36. The first kappa shape index (κ1) is 16.2. The Morgan fingerprint density at radius 1 is 1.21 bits per heavy atom. The third-order valence-electron chi connectivity index (χ3n) is 3.19. The Labute approximate surface area is 138 Å². The Bertz CT molecular complexity index is 916. The monoisotopic (exact) mass is 349 g/mol. The molecular formula is C15H15N3O5S. The van der Waals surface area contributed by atoms with Gasteiger partial charge in [0, 0.05) is 19.7 Å². The quantitative estimate of drug-likeness (QED) is 0.672. The smallest absolute Gasteiger partial charge is 0.275 e. The third kappa shape index (κ3) is 3.31. The Balaban J connectivity index is 1.71. The van der Waals surface area contributed by atoms with E-state index in [9.17, 15) is 8.42 Å². The van der Waals surface area contributed by atoms with Gasteiger partial charge in [-0.1, -0.05) is 6.07 Å². The zero-order chi connectivity index (χ0) is 17.2. The maximum Gasteiger partial charge on any atom is 0.275 e. The minimum absolute atomic E-state index is 0.0935. The predicted octanol–water partition coefficient (Wildman–Crippen LogP) is 2.16. The van der Waals surface area contributed by atoms with Crippen LogP contribution in [0.3, 0.4) is 0 Å². The second-order valence-corrected chi connectivity index (χ2v) is 7.15. The molecule has 0 fully saturated rings. The highest BCUT2D eigenvalue weighted by molar-refractivity contribution is 7.88. The molecule has 24 heavy (non-hydrogen) atoms. The van der Waals surface area contributed by atoms with Crippen LogP contribution < -0.4 is 4.74 Å². The molecule has 0 aliphatic rings. The van der Waals surface area contributed by atoms with Gasteiger partial charge in [-0.15, -0.1) is 10.2 Å². The van der Waals surface area contributed by atoms with Crippen LogP contribution in [-0.4, -0.2) is 37.0 Å². The molecule has 0 saturated carbocycles. The Morgan fingerprint density at radius 3 is 2.75 bits per heavy atom. The molecule has 0 aliphatic carbocycles. The number of hydrogen-bond acceptors (Lipinski definition) is 7. The fraction of sp³-hybridized carbons (Fsp3) is 0.200. The first-order valence-corrected chi connectivity index (χ1v) is 8.41. The van der Waals surface area contributed by atoms with Crippen molar-refractivity contribution in [2.24, 2.45) is 0 Å². The van der Waals surface area contributed by atoms with Crippen molar-refractivity contribution in [3.05, 3.63) is 48.6 Å². The summed E-state index contributed by atoms with van der Waals surface area (Å²) in [5.74, 6) is 1.36. The van der Waals surface area contributed by atoms with Gasteiger partial charge < -0.3 is 13.6 Å². The summed E-state index contributed by atoms with van der Waals surface area (Å²) in [7, 11) is -0.709. The van der Waals surface area contributed by atoms with Gasteiger partial charge >= 0.3 is 0 Å². The molecule has 0 aliphatic heterocycles. The fourth-order valence-electron chi connectivity index (χ4n) is 1.93. The zero-order valence-corrected chi connectivity index (χ0v) is 13.9. The summed E-state index contributed by atoms with van der Waals surface area (Å²) in [5.41, 5.74) is 0.723. The van der Waals surface area contributed by atoms with Crippen LogP contribution in [0, 0.1) is 0 Å². The number of benzene rings is 1. The third-order valence-corrected chi connectivity index (χ3v) is 4.88. The van der Waals surface area contributed by atoms with Crippen molar-refractivity contribution in [1.82, 2.24) is 14.5 Å². The van der Waals surface area contributed by atoms with E-state index in [4.69, 9.17) is 13.6 Å². The topological polar surface area (TPSA) is 98.7 Å². The van der Waals surface area contributed by atoms with E-state index in [2.05, 4.69) is 10.2 Å². The highest BCUT2D eigenvalue weighted by Gasteiger charge is 2.21. The first-order valence-electron chi connectivity index (χ1n) is 6.97. The van der Waals surface area contributed by atoms with E-state index in [1.807, 2.05) is 6.07 Å². The maximum atomic E-state index is 12.0. The van der Waals surface area contributed by atoms with Crippen molar-refractivity contribution in [3.8, 4) is 17.2 Å². The van der Waals surface area contributed by atoms with Crippen molar-refractivity contribution in [2.75, 3.05) is 14.1 Å². The lowest BCUT2D eigenvalue weighted by atomic mass is 10.2. The number of furan rings is 1. The predicted molar refractivity (Wildman–Crippen MR) is 83.6 cm³/mol. The summed E-state index contributed by atoms with van der Waals surface area (Å²) in [4.78, 5) is 0. The SMILES string of the molecule is CN(C)S(=O)(=O)c1ccc(COc2cccc(-c3nnco3)c2)o1. The van der Waals surface area contributed by atoms with Crippen LogP contribution in [0.4, 0.5) is 0 Å². The van der Waals surface area contributed by atoms with Gasteiger partial charge in [-0.25, -0.2) is 12.7 Å². The molecule has 0 N–H and O–H groups in total. The lowest BCUT2D eigenvalue weighted by Crippen LogP contribution is -2.21. The van der Waals surface area contributed by atoms with Crippen molar-refractivity contribution in [2.45, 2.75) is 11.7 Å². The van der Waals surface area contributed by atoms with Crippen LogP contribution in [0.1, 0.15) is 5.76 Å². The standard InChI is InChI=1S/C15H15N3O5S/c1-18(2)24(19,20)14-7-6-13(23-14)9-21-12-5-3-4-11(8-12)15-17-16-10-22-15/h3-8,10H,9H2,1-2H3. The molecule has 3 rings (SSSR count). The van der Waals surface area contributed by atoms with Crippen molar-refractivity contribution in [3.63, 3.8) is 0 Å². The van der Waals surface area contributed by atoms with Crippen LogP contribution >= 0.6 is 0 Å². The van der Waals surface area contributed by atoms with Crippen LogP contribution in [0.5, 0.6) is 5.75 Å². The number of rotatable bonds is 6. The molecule has 0 bridgehead atoms. The lowest BCUT2D eigenvalue weighted by Gasteiger charge is -2.08. The summed E-state index contributed by atoms with van der Waals surface area (Å²) in [6, 6.07) is 10.1. The van der Waals surface area contributed by atoms with Crippen molar-refractivity contribution >= 4 is 10.0 Å². The van der Waals surface area contributed by atoms with Gasteiger partial charge in [-0.05, 0) is 30.3 Å². The average molecular weight is 349 g/mol. The summed E-state index contributed by atoms with van der Waals surface area (Å²) in [5, 5.41) is 7.34. The number of aromatic nitrogens is 2. The molecule has 3 aromatic rings. The second-order valence-electron chi connectivity index (χ2n) is 5.07. The highest BCUT2D eigenvalue weighted by atomic mass is 32.2. The normalized spacial score (nSPS) is 11.8. The van der Waals surface area contributed by atoms with E-state index in [1.165, 1.54) is 26.6 Å². The molecule has 0 spiro atoms. The summed E-state index contributed by atoms with van der Waals surface area (Å²) >= 11 is 0. The molecule has 9 heteroatoms. The number of hydrogen-bond donors (Lipinski definition) is 0. The highest BCUT2D eigenvalue weighted by Crippen LogP contribution is 2.23. The molecule has 0 saturated heterocycles. The van der Waals surface area contributed by atoms with Crippen LogP contribution in [-0.2, 0) is 16.6 Å². The van der Waals surface area contributed by atoms with Gasteiger partial charge in [0.05, 0.1) is 0 Å². The van der Waals surface area contributed by atoms with E-state index in [-0.39, 0.29) is 11.7 Å². The van der Waals surface area contributed by atoms with Crippen molar-refractivity contribution in [1.29, 1.82) is 0 Å². The first-order chi connectivity index (χ1) is 11.5. The van der Waals surface area contributed by atoms with Gasteiger partial charge in [0.15, 0.2) is 0 Å². The lowest BCUT2D eigenvalue weighted by molar-refractivity contribution is 0.256. The molecule has 1 aromatic carbocycles. The largest absolute Gasteiger partial charge is 0.486 e. The second kappa shape index (κ2) is 6.46. The summed E-state index contributed by atoms with van der Waals surface area (Å²) < 4.78 is 41.1. The number of sulfonamides is 1. The van der Waals surface area contributed by atoms with E-state index in [0.29, 0.717) is 17.4 Å². The zero-order valence-electron chi connectivity index (χ0n) is 13.0. The van der Waals surface area contributed by atoms with E-state index in [0.717, 1.165) is 9.87 Å². The fourth-order valence-corrected chi connectivity index (χ4v) is 2.74. The Morgan fingerprint density at radius 2 is 2.04 bits per heavy atom. The molecule has 126 valence electrons. The minimum atomic E-state index is -3.59.